The van der Waals surface area contributed by atoms with Gasteiger partial charge in [-0.1, -0.05) is 40.0 Å². The zero-order valence-electron chi connectivity index (χ0n) is 12.8. The number of carbonyl (C=O) groups excluding carboxylic acids is 1. The summed E-state index contributed by atoms with van der Waals surface area (Å²) in [5.41, 5.74) is 1.99. The third-order valence-corrected chi connectivity index (χ3v) is 3.93. The van der Waals surface area contributed by atoms with Crippen molar-refractivity contribution < 1.29 is 4.79 Å². The zero-order chi connectivity index (χ0) is 14.6. The van der Waals surface area contributed by atoms with Crippen molar-refractivity contribution in [3.63, 3.8) is 0 Å². The van der Waals surface area contributed by atoms with Gasteiger partial charge in [-0.25, -0.2) is 9.97 Å². The Hall–Kier alpha value is -1.45. The second-order valence-corrected chi connectivity index (χ2v) is 6.70. The molecule has 1 fully saturated rings. The van der Waals surface area contributed by atoms with Gasteiger partial charge in [0.25, 0.3) is 0 Å². The summed E-state index contributed by atoms with van der Waals surface area (Å²) >= 11 is 0. The molecule has 4 nitrogen and oxygen atoms in total. The first-order valence-electron chi connectivity index (χ1n) is 7.55. The van der Waals surface area contributed by atoms with Crippen molar-refractivity contribution in [2.24, 2.45) is 5.92 Å². The Morgan fingerprint density at radius 1 is 1.30 bits per heavy atom. The van der Waals surface area contributed by atoms with E-state index >= 15 is 0 Å². The second kappa shape index (κ2) is 6.33. The van der Waals surface area contributed by atoms with Crippen LogP contribution in [-0.4, -0.2) is 15.9 Å². The zero-order valence-corrected chi connectivity index (χ0v) is 12.8. The maximum atomic E-state index is 12.2. The van der Waals surface area contributed by atoms with Gasteiger partial charge in [0, 0.05) is 29.6 Å². The smallest absolute Gasteiger partial charge is 0.223 e. The molecule has 0 unspecified atom stereocenters. The fourth-order valence-electron chi connectivity index (χ4n) is 2.85. The minimum absolute atomic E-state index is 0.0339. The van der Waals surface area contributed by atoms with Crippen LogP contribution in [0.2, 0.25) is 0 Å². The number of hydrogen-bond donors (Lipinski definition) is 1. The van der Waals surface area contributed by atoms with E-state index in [1.807, 2.05) is 6.20 Å². The van der Waals surface area contributed by atoms with Gasteiger partial charge in [0.05, 0.1) is 5.69 Å². The molecule has 0 saturated heterocycles. The maximum Gasteiger partial charge on any atom is 0.223 e. The highest BCUT2D eigenvalue weighted by molar-refractivity contribution is 5.78. The van der Waals surface area contributed by atoms with Gasteiger partial charge >= 0.3 is 0 Å². The fourth-order valence-corrected chi connectivity index (χ4v) is 2.85. The summed E-state index contributed by atoms with van der Waals surface area (Å²) in [7, 11) is 0. The van der Waals surface area contributed by atoms with Gasteiger partial charge in [0.1, 0.15) is 6.33 Å². The van der Waals surface area contributed by atoms with Crippen molar-refractivity contribution in [2.75, 3.05) is 0 Å². The van der Waals surface area contributed by atoms with E-state index in [0.29, 0.717) is 6.54 Å². The maximum absolute atomic E-state index is 12.2. The minimum Gasteiger partial charge on any atom is -0.352 e. The van der Waals surface area contributed by atoms with Crippen LogP contribution in [0.4, 0.5) is 0 Å². The number of nitrogens with one attached hydrogen (secondary N) is 1. The molecule has 0 atom stereocenters. The summed E-state index contributed by atoms with van der Waals surface area (Å²) < 4.78 is 0. The third kappa shape index (κ3) is 3.78. The topological polar surface area (TPSA) is 54.9 Å². The molecule has 0 spiro atoms. The average Bonchev–Trinajstić information content (AvgIpc) is 2.45. The predicted molar refractivity (Wildman–Crippen MR) is 79.2 cm³/mol. The van der Waals surface area contributed by atoms with E-state index in [9.17, 15) is 4.79 Å². The van der Waals surface area contributed by atoms with Gasteiger partial charge in [-0.2, -0.15) is 0 Å². The Morgan fingerprint density at radius 2 is 2.00 bits per heavy atom. The van der Waals surface area contributed by atoms with Gasteiger partial charge in [0.15, 0.2) is 0 Å². The van der Waals surface area contributed by atoms with Crippen LogP contribution in [-0.2, 0) is 16.8 Å². The monoisotopic (exact) mass is 275 g/mol. The molecule has 0 aromatic carbocycles. The van der Waals surface area contributed by atoms with E-state index in [0.717, 1.165) is 24.1 Å². The highest BCUT2D eigenvalue weighted by Gasteiger charge is 2.23. The molecule has 0 bridgehead atoms. The van der Waals surface area contributed by atoms with Crippen molar-refractivity contribution in [3.8, 4) is 0 Å². The van der Waals surface area contributed by atoms with Crippen LogP contribution in [0.3, 0.4) is 0 Å². The molecule has 20 heavy (non-hydrogen) atoms. The second-order valence-electron chi connectivity index (χ2n) is 6.70. The van der Waals surface area contributed by atoms with Crippen LogP contribution in [0.25, 0.3) is 0 Å². The summed E-state index contributed by atoms with van der Waals surface area (Å²) in [6.45, 7) is 6.91. The molecule has 1 aromatic rings. The molecular formula is C16H25N3O. The molecule has 110 valence electrons. The molecule has 1 heterocycles. The Morgan fingerprint density at radius 3 is 2.65 bits per heavy atom. The van der Waals surface area contributed by atoms with E-state index in [2.05, 4.69) is 36.1 Å². The molecule has 0 aliphatic heterocycles. The van der Waals surface area contributed by atoms with E-state index in [1.165, 1.54) is 19.3 Å². The summed E-state index contributed by atoms with van der Waals surface area (Å²) in [6, 6.07) is 0. The summed E-state index contributed by atoms with van der Waals surface area (Å²) in [5, 5.41) is 3.06. The number of carbonyl (C=O) groups is 1. The average molecular weight is 275 g/mol. The molecule has 1 aromatic heterocycles. The van der Waals surface area contributed by atoms with E-state index in [1.54, 1.807) is 6.33 Å². The van der Waals surface area contributed by atoms with Crippen molar-refractivity contribution in [2.45, 2.75) is 64.8 Å². The summed E-state index contributed by atoms with van der Waals surface area (Å²) in [6.07, 6.45) is 9.08. The van der Waals surface area contributed by atoms with Gasteiger partial charge in [0.2, 0.25) is 5.91 Å². The minimum atomic E-state index is -0.0339. The van der Waals surface area contributed by atoms with Crippen molar-refractivity contribution in [1.82, 2.24) is 15.3 Å². The number of rotatable bonds is 3. The SMILES string of the molecule is CC(C)(C)c1ncncc1CNC(=O)C1CCCCC1. The molecule has 4 heteroatoms. The normalized spacial score (nSPS) is 16.9. The van der Waals surface area contributed by atoms with Gasteiger partial charge in [-0.3, -0.25) is 4.79 Å². The lowest BCUT2D eigenvalue weighted by atomic mass is 9.88. The van der Waals surface area contributed by atoms with Crippen molar-refractivity contribution >= 4 is 5.91 Å². The molecule has 1 aliphatic rings. The molecule has 0 radical (unpaired) electrons. The molecule has 1 N–H and O–H groups in total. The first-order chi connectivity index (χ1) is 9.48. The third-order valence-electron chi connectivity index (χ3n) is 3.93. The highest BCUT2D eigenvalue weighted by atomic mass is 16.1. The van der Waals surface area contributed by atoms with E-state index < -0.39 is 0 Å². The first-order valence-corrected chi connectivity index (χ1v) is 7.55. The van der Waals surface area contributed by atoms with Crippen LogP contribution in [0.15, 0.2) is 12.5 Å². The molecule has 1 saturated carbocycles. The number of aromatic nitrogens is 2. The van der Waals surface area contributed by atoms with Crippen LogP contribution in [0.1, 0.15) is 64.1 Å². The Balaban J connectivity index is 1.98. The quantitative estimate of drug-likeness (QED) is 0.922. The summed E-state index contributed by atoms with van der Waals surface area (Å²) in [5.74, 6) is 0.389. The van der Waals surface area contributed by atoms with Gasteiger partial charge in [-0.15, -0.1) is 0 Å². The van der Waals surface area contributed by atoms with Crippen LogP contribution in [0, 0.1) is 5.92 Å². The number of nitrogens with zero attached hydrogens (tertiary/aromatic N) is 2. The van der Waals surface area contributed by atoms with Crippen LogP contribution >= 0.6 is 0 Å². The fraction of sp³-hybridized carbons (Fsp3) is 0.688. The standard InChI is InChI=1S/C16H25N3O/c1-16(2,3)14-13(9-17-11-19-14)10-18-15(20)12-7-5-4-6-8-12/h9,11-12H,4-8,10H2,1-3H3,(H,18,20). The van der Waals surface area contributed by atoms with E-state index in [-0.39, 0.29) is 17.2 Å². The lowest BCUT2D eigenvalue weighted by Gasteiger charge is -2.23. The van der Waals surface area contributed by atoms with Gasteiger partial charge in [-0.05, 0) is 12.8 Å². The highest BCUT2D eigenvalue weighted by Crippen LogP contribution is 2.25. The molecular weight excluding hydrogens is 250 g/mol. The Labute approximate surface area is 121 Å². The van der Waals surface area contributed by atoms with E-state index in [4.69, 9.17) is 0 Å². The molecule has 1 amide bonds. The lowest BCUT2D eigenvalue weighted by molar-refractivity contribution is -0.126. The summed E-state index contributed by atoms with van der Waals surface area (Å²) in [4.78, 5) is 20.6. The lowest BCUT2D eigenvalue weighted by Crippen LogP contribution is -2.32. The van der Waals surface area contributed by atoms with Gasteiger partial charge < -0.3 is 5.32 Å². The molecule has 2 rings (SSSR count). The number of hydrogen-bond acceptors (Lipinski definition) is 3. The van der Waals surface area contributed by atoms with Crippen LogP contribution in [0.5, 0.6) is 0 Å². The van der Waals surface area contributed by atoms with Crippen LogP contribution < -0.4 is 5.32 Å². The van der Waals surface area contributed by atoms with Crippen molar-refractivity contribution in [3.05, 3.63) is 23.8 Å². The predicted octanol–water partition coefficient (Wildman–Crippen LogP) is 2.97. The number of amides is 1. The first kappa shape index (κ1) is 14.9. The van der Waals surface area contributed by atoms with Crippen molar-refractivity contribution in [1.29, 1.82) is 0 Å². The Kier molecular flexibility index (Phi) is 4.73. The molecule has 1 aliphatic carbocycles. The Bertz CT molecular complexity index is 459. The largest absolute Gasteiger partial charge is 0.352 e.